The maximum Gasteiger partial charge on any atom is 0.235 e. The van der Waals surface area contributed by atoms with E-state index in [1.54, 1.807) is 11.8 Å². The number of ether oxygens (including phenoxy) is 1. The summed E-state index contributed by atoms with van der Waals surface area (Å²) in [5.41, 5.74) is 1.42. The normalized spacial score (nSPS) is 16.7. The summed E-state index contributed by atoms with van der Waals surface area (Å²) in [6.45, 7) is 1.24. The molecule has 120 valence electrons. The summed E-state index contributed by atoms with van der Waals surface area (Å²) in [6.07, 6.45) is 3.46. The summed E-state index contributed by atoms with van der Waals surface area (Å²) in [4.78, 5) is 14.3. The van der Waals surface area contributed by atoms with Crippen LogP contribution in [0, 0.1) is 0 Å². The van der Waals surface area contributed by atoms with Gasteiger partial charge in [-0.2, -0.15) is 0 Å². The molecular formula is C19H21NO2S. The first-order valence-electron chi connectivity index (χ1n) is 7.83. The topological polar surface area (TPSA) is 38.3 Å². The van der Waals surface area contributed by atoms with Crippen LogP contribution in [0.15, 0.2) is 59.5 Å². The Labute approximate surface area is 141 Å². The molecule has 3 nitrogen and oxygen atoms in total. The van der Waals surface area contributed by atoms with Gasteiger partial charge in [0, 0.05) is 23.8 Å². The first kappa shape index (κ1) is 16.1. The molecule has 1 heterocycles. The van der Waals surface area contributed by atoms with Crippen LogP contribution in [0.1, 0.15) is 18.4 Å². The molecule has 1 fully saturated rings. The number of carbonyl (C=O) groups excluding carboxylic acids is 1. The summed E-state index contributed by atoms with van der Waals surface area (Å²) in [5.74, 6) is 0.0604. The zero-order valence-electron chi connectivity index (χ0n) is 13.2. The highest BCUT2D eigenvalue weighted by atomic mass is 32.2. The monoisotopic (exact) mass is 327 g/mol. The van der Waals surface area contributed by atoms with Gasteiger partial charge in [-0.3, -0.25) is 4.79 Å². The van der Waals surface area contributed by atoms with Crippen molar-refractivity contribution >= 4 is 23.4 Å². The average molecular weight is 327 g/mol. The minimum absolute atomic E-state index is 0.0604. The predicted octanol–water partition coefficient (Wildman–Crippen LogP) is 4.10. The van der Waals surface area contributed by atoms with Crippen molar-refractivity contribution in [3.63, 3.8) is 0 Å². The molecule has 0 aliphatic carbocycles. The molecule has 3 rings (SSSR count). The van der Waals surface area contributed by atoms with Crippen molar-refractivity contribution in [2.24, 2.45) is 0 Å². The molecule has 0 spiro atoms. The Hall–Kier alpha value is -1.78. The molecule has 1 amide bonds. The van der Waals surface area contributed by atoms with Crippen LogP contribution in [-0.2, 0) is 14.9 Å². The summed E-state index contributed by atoms with van der Waals surface area (Å²) in [6, 6.07) is 18.0. The molecule has 0 saturated carbocycles. The fraction of sp³-hybridized carbons (Fsp3) is 0.316. The van der Waals surface area contributed by atoms with Crippen molar-refractivity contribution in [3.05, 3.63) is 60.2 Å². The fourth-order valence-electron chi connectivity index (χ4n) is 3.08. The number of anilines is 1. The minimum atomic E-state index is -0.505. The highest BCUT2D eigenvalue weighted by molar-refractivity contribution is 7.98. The molecular weight excluding hydrogens is 306 g/mol. The summed E-state index contributed by atoms with van der Waals surface area (Å²) < 4.78 is 5.50. The van der Waals surface area contributed by atoms with Crippen molar-refractivity contribution in [1.82, 2.24) is 0 Å². The molecule has 1 aliphatic rings. The number of benzene rings is 2. The second-order valence-corrected chi connectivity index (χ2v) is 6.63. The van der Waals surface area contributed by atoms with E-state index in [9.17, 15) is 4.79 Å². The van der Waals surface area contributed by atoms with Crippen LogP contribution in [0.4, 0.5) is 5.69 Å². The first-order chi connectivity index (χ1) is 11.2. The Morgan fingerprint density at radius 1 is 1.09 bits per heavy atom. The molecule has 1 saturated heterocycles. The van der Waals surface area contributed by atoms with Crippen LogP contribution in [0.3, 0.4) is 0 Å². The lowest BCUT2D eigenvalue weighted by atomic mass is 9.73. The molecule has 1 N–H and O–H groups in total. The average Bonchev–Trinajstić information content (AvgIpc) is 2.63. The Bertz CT molecular complexity index is 666. The van der Waals surface area contributed by atoms with Gasteiger partial charge in [-0.05, 0) is 42.9 Å². The van der Waals surface area contributed by atoms with Gasteiger partial charge < -0.3 is 10.1 Å². The maximum absolute atomic E-state index is 13.1. The van der Waals surface area contributed by atoms with Crippen molar-refractivity contribution in [2.75, 3.05) is 24.8 Å². The highest BCUT2D eigenvalue weighted by Crippen LogP contribution is 2.36. The summed E-state index contributed by atoms with van der Waals surface area (Å²) >= 11 is 1.67. The fourth-order valence-corrected chi connectivity index (χ4v) is 3.53. The Kier molecular flexibility index (Phi) is 5.03. The van der Waals surface area contributed by atoms with E-state index in [2.05, 4.69) is 5.32 Å². The number of carbonyl (C=O) groups is 1. The SMILES string of the molecule is CSc1cccc(NC(=O)C2(c3ccccc3)CCOCC2)c1. The smallest absolute Gasteiger partial charge is 0.235 e. The van der Waals surface area contributed by atoms with Crippen molar-refractivity contribution < 1.29 is 9.53 Å². The lowest BCUT2D eigenvalue weighted by Crippen LogP contribution is -2.44. The van der Waals surface area contributed by atoms with Gasteiger partial charge >= 0.3 is 0 Å². The van der Waals surface area contributed by atoms with Gasteiger partial charge in [0.15, 0.2) is 0 Å². The summed E-state index contributed by atoms with van der Waals surface area (Å²) in [7, 11) is 0. The molecule has 1 aliphatic heterocycles. The highest BCUT2D eigenvalue weighted by Gasteiger charge is 2.41. The Balaban J connectivity index is 1.89. The van der Waals surface area contributed by atoms with Crippen molar-refractivity contribution in [3.8, 4) is 0 Å². The maximum atomic E-state index is 13.1. The van der Waals surface area contributed by atoms with E-state index < -0.39 is 5.41 Å². The summed E-state index contributed by atoms with van der Waals surface area (Å²) in [5, 5.41) is 3.12. The number of thioether (sulfide) groups is 1. The van der Waals surface area contributed by atoms with Crippen LogP contribution in [-0.4, -0.2) is 25.4 Å². The zero-order chi connectivity index (χ0) is 16.1. The molecule has 0 bridgehead atoms. The first-order valence-corrected chi connectivity index (χ1v) is 9.06. The van der Waals surface area contributed by atoms with Gasteiger partial charge in [0.25, 0.3) is 0 Å². The lowest BCUT2D eigenvalue weighted by Gasteiger charge is -2.36. The quantitative estimate of drug-likeness (QED) is 0.859. The van der Waals surface area contributed by atoms with Crippen LogP contribution < -0.4 is 5.32 Å². The number of nitrogens with one attached hydrogen (secondary N) is 1. The zero-order valence-corrected chi connectivity index (χ0v) is 14.1. The predicted molar refractivity (Wildman–Crippen MR) is 95.0 cm³/mol. The molecule has 2 aromatic rings. The van der Waals surface area contributed by atoms with E-state index >= 15 is 0 Å². The standard InChI is InChI=1S/C19H21NO2S/c1-23-17-9-5-8-16(14-17)20-18(21)19(10-12-22-13-11-19)15-6-3-2-4-7-15/h2-9,14H,10-13H2,1H3,(H,20,21). The largest absolute Gasteiger partial charge is 0.381 e. The molecule has 0 aromatic heterocycles. The van der Waals surface area contributed by atoms with Crippen LogP contribution in [0.25, 0.3) is 0 Å². The third-order valence-electron chi connectivity index (χ3n) is 4.43. The minimum Gasteiger partial charge on any atom is -0.381 e. The molecule has 4 heteroatoms. The second kappa shape index (κ2) is 7.20. The van der Waals surface area contributed by atoms with Crippen LogP contribution >= 0.6 is 11.8 Å². The van der Waals surface area contributed by atoms with Gasteiger partial charge in [0.2, 0.25) is 5.91 Å². The number of hydrogen-bond donors (Lipinski definition) is 1. The number of rotatable bonds is 4. The van der Waals surface area contributed by atoms with Gasteiger partial charge in [-0.25, -0.2) is 0 Å². The van der Waals surface area contributed by atoms with Crippen molar-refractivity contribution in [2.45, 2.75) is 23.2 Å². The number of hydrogen-bond acceptors (Lipinski definition) is 3. The van der Waals surface area contributed by atoms with E-state index in [1.807, 2.05) is 60.9 Å². The third kappa shape index (κ3) is 3.43. The Morgan fingerprint density at radius 2 is 1.83 bits per heavy atom. The van der Waals surface area contributed by atoms with Crippen LogP contribution in [0.5, 0.6) is 0 Å². The van der Waals surface area contributed by atoms with E-state index in [1.165, 1.54) is 0 Å². The number of amides is 1. The van der Waals surface area contributed by atoms with E-state index in [0.29, 0.717) is 26.1 Å². The van der Waals surface area contributed by atoms with Gasteiger partial charge in [0.1, 0.15) is 0 Å². The Morgan fingerprint density at radius 3 is 2.52 bits per heavy atom. The van der Waals surface area contributed by atoms with Crippen molar-refractivity contribution in [1.29, 1.82) is 0 Å². The van der Waals surface area contributed by atoms with Gasteiger partial charge in [-0.1, -0.05) is 36.4 Å². The second-order valence-electron chi connectivity index (χ2n) is 5.75. The molecule has 0 atom stereocenters. The van der Waals surface area contributed by atoms with Gasteiger partial charge in [-0.15, -0.1) is 11.8 Å². The van der Waals surface area contributed by atoms with Gasteiger partial charge in [0.05, 0.1) is 5.41 Å². The molecule has 0 radical (unpaired) electrons. The third-order valence-corrected chi connectivity index (χ3v) is 5.16. The van der Waals surface area contributed by atoms with E-state index in [4.69, 9.17) is 4.74 Å². The molecule has 2 aromatic carbocycles. The lowest BCUT2D eigenvalue weighted by molar-refractivity contribution is -0.125. The van der Waals surface area contributed by atoms with Crippen LogP contribution in [0.2, 0.25) is 0 Å². The van der Waals surface area contributed by atoms with E-state index in [-0.39, 0.29) is 5.91 Å². The molecule has 0 unspecified atom stereocenters. The molecule has 23 heavy (non-hydrogen) atoms. The van der Waals surface area contributed by atoms with E-state index in [0.717, 1.165) is 16.1 Å².